The molecule has 1 fully saturated rings. The minimum Gasteiger partial charge on any atom is -0.454 e. The molecule has 0 unspecified atom stereocenters. The summed E-state index contributed by atoms with van der Waals surface area (Å²) in [6.07, 6.45) is 0.623. The predicted molar refractivity (Wildman–Crippen MR) is 68.5 cm³/mol. The molecule has 0 aromatic rings. The number of amides is 4. The average molecular weight is 285 g/mol. The first kappa shape index (κ1) is 15.9. The molecule has 0 aromatic heterocycles. The maximum absolute atomic E-state index is 11.5. The van der Waals surface area contributed by atoms with E-state index < -0.39 is 30.6 Å². The smallest absolute Gasteiger partial charge is 0.329 e. The van der Waals surface area contributed by atoms with E-state index in [0.717, 1.165) is 0 Å². The SMILES string of the molecule is CC(C)CNC(=O)NC(=O)COC(=O)[C@@H]1CCC(=O)N1. The standard InChI is InChI=1S/C12H19N3O5/c1-7(2)5-13-12(19)15-10(17)6-20-11(18)8-3-4-9(16)14-8/h7-8H,3-6H2,1-2H3,(H,14,16)(H2,13,15,17,19)/t8-/m0/s1. The third-order valence-electron chi connectivity index (χ3n) is 2.55. The first-order valence-corrected chi connectivity index (χ1v) is 6.42. The lowest BCUT2D eigenvalue weighted by molar-refractivity contribution is -0.150. The van der Waals surface area contributed by atoms with Gasteiger partial charge in [-0.15, -0.1) is 0 Å². The van der Waals surface area contributed by atoms with Crippen molar-refractivity contribution >= 4 is 23.8 Å². The Labute approximate surface area is 116 Å². The Morgan fingerprint density at radius 1 is 1.40 bits per heavy atom. The number of carbonyl (C=O) groups is 4. The van der Waals surface area contributed by atoms with Gasteiger partial charge < -0.3 is 15.4 Å². The number of rotatable bonds is 5. The van der Waals surface area contributed by atoms with Crippen LogP contribution >= 0.6 is 0 Å². The predicted octanol–water partition coefficient (Wildman–Crippen LogP) is -0.710. The van der Waals surface area contributed by atoms with Gasteiger partial charge in [0.1, 0.15) is 6.04 Å². The van der Waals surface area contributed by atoms with Crippen LogP contribution < -0.4 is 16.0 Å². The molecule has 20 heavy (non-hydrogen) atoms. The van der Waals surface area contributed by atoms with E-state index in [-0.39, 0.29) is 18.2 Å². The molecular weight excluding hydrogens is 266 g/mol. The molecule has 1 atom stereocenters. The lowest BCUT2D eigenvalue weighted by Gasteiger charge is -2.11. The van der Waals surface area contributed by atoms with Crippen LogP contribution in [0, 0.1) is 5.92 Å². The summed E-state index contributed by atoms with van der Waals surface area (Å²) in [5.74, 6) is -1.35. The molecule has 1 heterocycles. The lowest BCUT2D eigenvalue weighted by atomic mass is 10.2. The summed E-state index contributed by atoms with van der Waals surface area (Å²) < 4.78 is 4.72. The van der Waals surface area contributed by atoms with Crippen LogP contribution in [0.1, 0.15) is 26.7 Å². The lowest BCUT2D eigenvalue weighted by Crippen LogP contribution is -2.43. The molecule has 1 rings (SSSR count). The number of hydrogen-bond donors (Lipinski definition) is 3. The molecular formula is C12H19N3O5. The van der Waals surface area contributed by atoms with Gasteiger partial charge in [0.2, 0.25) is 5.91 Å². The molecule has 0 aromatic carbocycles. The second-order valence-electron chi connectivity index (χ2n) is 4.92. The van der Waals surface area contributed by atoms with E-state index in [1.807, 2.05) is 19.2 Å². The molecule has 112 valence electrons. The molecule has 1 aliphatic heterocycles. The second kappa shape index (κ2) is 7.46. The third kappa shape index (κ3) is 5.68. The molecule has 4 amide bonds. The summed E-state index contributed by atoms with van der Waals surface area (Å²) in [6, 6.07) is -1.33. The zero-order valence-electron chi connectivity index (χ0n) is 11.5. The van der Waals surface area contributed by atoms with Gasteiger partial charge in [0.15, 0.2) is 6.61 Å². The highest BCUT2D eigenvalue weighted by atomic mass is 16.5. The van der Waals surface area contributed by atoms with Gasteiger partial charge in [-0.1, -0.05) is 13.8 Å². The van der Waals surface area contributed by atoms with Crippen molar-refractivity contribution < 1.29 is 23.9 Å². The molecule has 0 spiro atoms. The fourth-order valence-electron chi connectivity index (χ4n) is 1.53. The summed E-state index contributed by atoms with van der Waals surface area (Å²) in [4.78, 5) is 45.0. The number of esters is 1. The molecule has 0 aliphatic carbocycles. The largest absolute Gasteiger partial charge is 0.454 e. The number of imide groups is 1. The molecule has 0 radical (unpaired) electrons. The Kier molecular flexibility index (Phi) is 5.95. The molecule has 3 N–H and O–H groups in total. The molecule has 1 saturated heterocycles. The van der Waals surface area contributed by atoms with E-state index in [9.17, 15) is 19.2 Å². The van der Waals surface area contributed by atoms with Crippen LogP contribution in [-0.4, -0.2) is 43.0 Å². The van der Waals surface area contributed by atoms with Gasteiger partial charge in [0.05, 0.1) is 0 Å². The van der Waals surface area contributed by atoms with Gasteiger partial charge in [-0.2, -0.15) is 0 Å². The zero-order chi connectivity index (χ0) is 15.1. The van der Waals surface area contributed by atoms with Crippen molar-refractivity contribution in [3.05, 3.63) is 0 Å². The van der Waals surface area contributed by atoms with Crippen molar-refractivity contribution in [1.29, 1.82) is 0 Å². The Bertz CT molecular complexity index is 408. The number of urea groups is 1. The first-order valence-electron chi connectivity index (χ1n) is 6.42. The minimum atomic E-state index is -0.719. The van der Waals surface area contributed by atoms with Gasteiger partial charge in [-0.3, -0.25) is 14.9 Å². The van der Waals surface area contributed by atoms with Crippen molar-refractivity contribution in [2.75, 3.05) is 13.2 Å². The maximum atomic E-state index is 11.5. The van der Waals surface area contributed by atoms with Crippen molar-refractivity contribution in [3.63, 3.8) is 0 Å². The molecule has 8 nitrogen and oxygen atoms in total. The minimum absolute atomic E-state index is 0.218. The number of nitrogens with one attached hydrogen (secondary N) is 3. The van der Waals surface area contributed by atoms with Gasteiger partial charge >= 0.3 is 12.0 Å². The van der Waals surface area contributed by atoms with Crippen LogP contribution in [0.4, 0.5) is 4.79 Å². The van der Waals surface area contributed by atoms with E-state index in [4.69, 9.17) is 4.74 Å². The summed E-state index contributed by atoms with van der Waals surface area (Å²) in [7, 11) is 0. The summed E-state index contributed by atoms with van der Waals surface area (Å²) in [5, 5.41) is 6.96. The summed E-state index contributed by atoms with van der Waals surface area (Å²) in [5.41, 5.74) is 0. The highest BCUT2D eigenvalue weighted by Crippen LogP contribution is 2.07. The second-order valence-corrected chi connectivity index (χ2v) is 4.92. The number of hydrogen-bond acceptors (Lipinski definition) is 5. The van der Waals surface area contributed by atoms with Crippen LogP contribution in [0.3, 0.4) is 0 Å². The number of carbonyl (C=O) groups excluding carboxylic acids is 4. The monoisotopic (exact) mass is 285 g/mol. The van der Waals surface area contributed by atoms with Gasteiger partial charge in [0, 0.05) is 13.0 Å². The Hall–Kier alpha value is -2.12. The van der Waals surface area contributed by atoms with Crippen LogP contribution in [0.15, 0.2) is 0 Å². The molecule has 0 bridgehead atoms. The van der Waals surface area contributed by atoms with Crippen molar-refractivity contribution in [2.24, 2.45) is 5.92 Å². The Morgan fingerprint density at radius 3 is 2.65 bits per heavy atom. The quantitative estimate of drug-likeness (QED) is 0.577. The van der Waals surface area contributed by atoms with E-state index in [1.54, 1.807) is 0 Å². The van der Waals surface area contributed by atoms with Gasteiger partial charge in [-0.05, 0) is 12.3 Å². The van der Waals surface area contributed by atoms with Gasteiger partial charge in [0.25, 0.3) is 5.91 Å². The molecule has 8 heteroatoms. The number of ether oxygens (including phenoxy) is 1. The van der Waals surface area contributed by atoms with Crippen molar-refractivity contribution in [2.45, 2.75) is 32.7 Å². The Morgan fingerprint density at radius 2 is 2.10 bits per heavy atom. The van der Waals surface area contributed by atoms with E-state index in [1.165, 1.54) is 0 Å². The topological polar surface area (TPSA) is 114 Å². The third-order valence-corrected chi connectivity index (χ3v) is 2.55. The summed E-state index contributed by atoms with van der Waals surface area (Å²) >= 11 is 0. The van der Waals surface area contributed by atoms with Crippen molar-refractivity contribution in [3.8, 4) is 0 Å². The normalized spacial score (nSPS) is 17.6. The first-order chi connectivity index (χ1) is 9.38. The Balaban J connectivity index is 2.21. The summed E-state index contributed by atoms with van der Waals surface area (Å²) in [6.45, 7) is 3.72. The van der Waals surface area contributed by atoms with Crippen LogP contribution in [0.25, 0.3) is 0 Å². The van der Waals surface area contributed by atoms with Crippen LogP contribution in [0.5, 0.6) is 0 Å². The average Bonchev–Trinajstić information content (AvgIpc) is 2.80. The fourth-order valence-corrected chi connectivity index (χ4v) is 1.53. The van der Waals surface area contributed by atoms with Gasteiger partial charge in [-0.25, -0.2) is 9.59 Å². The molecule has 0 saturated carbocycles. The molecule has 1 aliphatic rings. The van der Waals surface area contributed by atoms with Crippen LogP contribution in [0.2, 0.25) is 0 Å². The fraction of sp³-hybridized carbons (Fsp3) is 0.667. The van der Waals surface area contributed by atoms with E-state index in [0.29, 0.717) is 13.0 Å². The zero-order valence-corrected chi connectivity index (χ0v) is 11.5. The van der Waals surface area contributed by atoms with Crippen LogP contribution in [-0.2, 0) is 19.1 Å². The van der Waals surface area contributed by atoms with E-state index in [2.05, 4.69) is 10.6 Å². The highest BCUT2D eigenvalue weighted by Gasteiger charge is 2.28. The van der Waals surface area contributed by atoms with E-state index >= 15 is 0 Å². The van der Waals surface area contributed by atoms with Crippen molar-refractivity contribution in [1.82, 2.24) is 16.0 Å². The highest BCUT2D eigenvalue weighted by molar-refractivity contribution is 5.96. The maximum Gasteiger partial charge on any atom is 0.329 e.